The lowest BCUT2D eigenvalue weighted by Gasteiger charge is -2.20. The van der Waals surface area contributed by atoms with Gasteiger partial charge in [-0.3, -0.25) is 9.69 Å². The molecule has 0 radical (unpaired) electrons. The van der Waals surface area contributed by atoms with Gasteiger partial charge in [-0.1, -0.05) is 23.5 Å². The van der Waals surface area contributed by atoms with Crippen LogP contribution in [0.4, 0.5) is 5.13 Å². The number of halogens is 1. The Morgan fingerprint density at radius 1 is 1.21 bits per heavy atom. The summed E-state index contributed by atoms with van der Waals surface area (Å²) in [6.45, 7) is 3.65. The predicted octanol–water partition coefficient (Wildman–Crippen LogP) is 4.62. The van der Waals surface area contributed by atoms with Gasteiger partial charge in [0.25, 0.3) is 0 Å². The number of hydrogen-bond donors (Lipinski definition) is 0. The fraction of sp³-hybridized carbons (Fsp3) is 0.400. The molecule has 0 fully saturated rings. The van der Waals surface area contributed by atoms with Crippen LogP contribution in [0, 0.1) is 6.92 Å². The third-order valence-corrected chi connectivity index (χ3v) is 6.43. The van der Waals surface area contributed by atoms with Crippen molar-refractivity contribution in [3.63, 3.8) is 0 Å². The summed E-state index contributed by atoms with van der Waals surface area (Å²) in [7, 11) is 5.74. The fourth-order valence-electron chi connectivity index (χ4n) is 2.91. The van der Waals surface area contributed by atoms with Crippen LogP contribution in [-0.2, 0) is 11.2 Å². The number of nitrogens with zero attached hydrogens (tertiary/aromatic N) is 3. The topological polar surface area (TPSA) is 45.7 Å². The first-order valence-electron chi connectivity index (χ1n) is 8.91. The van der Waals surface area contributed by atoms with Gasteiger partial charge >= 0.3 is 0 Å². The Morgan fingerprint density at radius 2 is 2.00 bits per heavy atom. The Balaban J connectivity index is 0.00000280. The maximum absolute atomic E-state index is 13.1. The van der Waals surface area contributed by atoms with Gasteiger partial charge in [0.2, 0.25) is 5.91 Å². The predicted molar refractivity (Wildman–Crippen MR) is 122 cm³/mol. The zero-order chi connectivity index (χ0) is 19.4. The number of benzene rings is 1. The van der Waals surface area contributed by atoms with E-state index in [2.05, 4.69) is 11.8 Å². The molecule has 0 spiro atoms. The number of ether oxygens (including phenoxy) is 1. The molecule has 1 aromatic carbocycles. The van der Waals surface area contributed by atoms with Gasteiger partial charge in [-0.15, -0.1) is 23.7 Å². The van der Waals surface area contributed by atoms with Crippen molar-refractivity contribution in [2.75, 3.05) is 39.2 Å². The summed E-state index contributed by atoms with van der Waals surface area (Å²) in [6.07, 6.45) is 1.31. The highest BCUT2D eigenvalue weighted by atomic mass is 35.5. The maximum Gasteiger partial charge on any atom is 0.234 e. The van der Waals surface area contributed by atoms with Crippen LogP contribution >= 0.6 is 35.1 Å². The summed E-state index contributed by atoms with van der Waals surface area (Å²) in [6, 6.07) is 7.96. The smallest absolute Gasteiger partial charge is 0.234 e. The van der Waals surface area contributed by atoms with Crippen LogP contribution in [0.15, 0.2) is 29.6 Å². The minimum absolute atomic E-state index is 0. The molecule has 28 heavy (non-hydrogen) atoms. The van der Waals surface area contributed by atoms with Crippen LogP contribution in [-0.4, -0.2) is 50.1 Å². The number of aryl methyl sites for hydroxylation is 1. The van der Waals surface area contributed by atoms with Crippen molar-refractivity contribution in [3.8, 4) is 5.75 Å². The summed E-state index contributed by atoms with van der Waals surface area (Å²) in [4.78, 5) is 22.9. The third-order valence-electron chi connectivity index (χ3n) is 4.34. The molecule has 0 atom stereocenters. The number of amides is 1. The number of anilines is 1. The third kappa shape index (κ3) is 5.23. The number of thiophene rings is 1. The molecule has 3 aromatic rings. The van der Waals surface area contributed by atoms with E-state index in [-0.39, 0.29) is 18.3 Å². The summed E-state index contributed by atoms with van der Waals surface area (Å²) in [5.74, 6) is 0.837. The van der Waals surface area contributed by atoms with Crippen LogP contribution < -0.4 is 9.64 Å². The highest BCUT2D eigenvalue weighted by Gasteiger charge is 2.22. The van der Waals surface area contributed by atoms with Crippen LogP contribution in [0.1, 0.15) is 16.9 Å². The molecular formula is C20H26ClN3O2S2. The molecule has 0 aliphatic carbocycles. The van der Waals surface area contributed by atoms with Gasteiger partial charge in [-0.25, -0.2) is 4.98 Å². The van der Waals surface area contributed by atoms with Gasteiger partial charge in [-0.05, 0) is 57.1 Å². The number of methoxy groups -OCH3 is 1. The van der Waals surface area contributed by atoms with Crippen molar-refractivity contribution in [1.29, 1.82) is 0 Å². The van der Waals surface area contributed by atoms with E-state index in [9.17, 15) is 4.79 Å². The van der Waals surface area contributed by atoms with Crippen molar-refractivity contribution >= 4 is 56.3 Å². The molecule has 0 unspecified atom stereocenters. The summed E-state index contributed by atoms with van der Waals surface area (Å²) in [5, 5.41) is 2.75. The zero-order valence-corrected chi connectivity index (χ0v) is 19.0. The molecule has 2 aromatic heterocycles. The van der Waals surface area contributed by atoms with Crippen molar-refractivity contribution < 1.29 is 9.53 Å². The highest BCUT2D eigenvalue weighted by molar-refractivity contribution is 7.22. The van der Waals surface area contributed by atoms with Crippen molar-refractivity contribution in [2.24, 2.45) is 0 Å². The van der Waals surface area contributed by atoms with Crippen LogP contribution in [0.2, 0.25) is 0 Å². The van der Waals surface area contributed by atoms with Gasteiger partial charge in [0, 0.05) is 11.4 Å². The van der Waals surface area contributed by atoms with E-state index in [4.69, 9.17) is 9.72 Å². The SMILES string of the molecule is COc1ccc(C)c2sc(N(CCCN(C)C)C(=O)Cc3cccs3)nc12.Cl. The molecule has 0 bridgehead atoms. The number of fused-ring (bicyclic) bond motifs is 1. The quantitative estimate of drug-likeness (QED) is 0.513. The van der Waals surface area contributed by atoms with Gasteiger partial charge in [0.05, 0.1) is 18.2 Å². The Kier molecular flexibility index (Phi) is 8.24. The number of hydrogen-bond acceptors (Lipinski definition) is 6. The average molecular weight is 440 g/mol. The molecule has 152 valence electrons. The molecule has 5 nitrogen and oxygen atoms in total. The molecule has 0 N–H and O–H groups in total. The lowest BCUT2D eigenvalue weighted by molar-refractivity contribution is -0.118. The van der Waals surface area contributed by atoms with Crippen molar-refractivity contribution in [2.45, 2.75) is 19.8 Å². The lowest BCUT2D eigenvalue weighted by Crippen LogP contribution is -2.34. The summed E-state index contributed by atoms with van der Waals surface area (Å²) < 4.78 is 6.54. The minimum atomic E-state index is 0. The standard InChI is InChI=1S/C20H25N3O2S2.ClH/c1-14-8-9-16(25-4)18-19(14)27-20(21-18)23(11-6-10-22(2)3)17(24)13-15-7-5-12-26-15;/h5,7-9,12H,6,10-11,13H2,1-4H3;1H. The molecule has 0 saturated carbocycles. The average Bonchev–Trinajstić information content (AvgIpc) is 3.29. The van der Waals surface area contributed by atoms with E-state index < -0.39 is 0 Å². The molecule has 3 rings (SSSR count). The normalized spacial score (nSPS) is 10.9. The van der Waals surface area contributed by atoms with Gasteiger partial charge in [0.1, 0.15) is 11.3 Å². The first kappa shape index (κ1) is 22.6. The Morgan fingerprint density at radius 3 is 2.64 bits per heavy atom. The van der Waals surface area contributed by atoms with E-state index in [1.807, 2.05) is 48.6 Å². The number of carbonyl (C=O) groups excluding carboxylic acids is 1. The number of thiazole rings is 1. The van der Waals surface area contributed by atoms with Crippen LogP contribution in [0.5, 0.6) is 5.75 Å². The van der Waals surface area contributed by atoms with Gasteiger partial charge < -0.3 is 9.64 Å². The van der Waals surface area contributed by atoms with Gasteiger partial charge in [-0.2, -0.15) is 0 Å². The summed E-state index contributed by atoms with van der Waals surface area (Å²) >= 11 is 3.18. The second kappa shape index (κ2) is 10.2. The number of aromatic nitrogens is 1. The van der Waals surface area contributed by atoms with E-state index in [1.54, 1.807) is 29.8 Å². The van der Waals surface area contributed by atoms with Gasteiger partial charge in [0.15, 0.2) is 5.13 Å². The first-order chi connectivity index (χ1) is 13.0. The van der Waals surface area contributed by atoms with Crippen molar-refractivity contribution in [3.05, 3.63) is 40.1 Å². The Labute approximate surface area is 180 Å². The largest absolute Gasteiger partial charge is 0.494 e. The monoisotopic (exact) mass is 439 g/mol. The van der Waals surface area contributed by atoms with E-state index in [1.165, 1.54) is 0 Å². The maximum atomic E-state index is 13.1. The second-order valence-electron chi connectivity index (χ2n) is 6.72. The van der Waals surface area contributed by atoms with E-state index in [0.717, 1.165) is 44.5 Å². The van der Waals surface area contributed by atoms with Crippen molar-refractivity contribution in [1.82, 2.24) is 9.88 Å². The fourth-order valence-corrected chi connectivity index (χ4v) is 4.70. The van der Waals surface area contributed by atoms with E-state index >= 15 is 0 Å². The molecular weight excluding hydrogens is 414 g/mol. The Hall–Kier alpha value is -1.67. The van der Waals surface area contributed by atoms with E-state index in [0.29, 0.717) is 13.0 Å². The molecule has 2 heterocycles. The summed E-state index contributed by atoms with van der Waals surface area (Å²) in [5.41, 5.74) is 1.98. The Bertz CT molecular complexity index is 910. The van der Waals surface area contributed by atoms with Crippen LogP contribution in [0.3, 0.4) is 0 Å². The molecule has 0 saturated heterocycles. The molecule has 8 heteroatoms. The molecule has 1 amide bonds. The second-order valence-corrected chi connectivity index (χ2v) is 8.73. The lowest BCUT2D eigenvalue weighted by atomic mass is 10.2. The number of carbonyl (C=O) groups is 1. The first-order valence-corrected chi connectivity index (χ1v) is 10.6. The van der Waals surface area contributed by atoms with Crippen LogP contribution in [0.25, 0.3) is 10.2 Å². The molecule has 0 aliphatic heterocycles. The highest BCUT2D eigenvalue weighted by Crippen LogP contribution is 2.36. The zero-order valence-electron chi connectivity index (χ0n) is 16.6. The molecule has 0 aliphatic rings. The number of rotatable bonds is 8. The minimum Gasteiger partial charge on any atom is -0.494 e.